The fraction of sp³-hybridized carbons (Fsp3) is 0.333. The highest BCUT2D eigenvalue weighted by Gasteiger charge is 2.25. The molecule has 7 nitrogen and oxygen atoms in total. The van der Waals surface area contributed by atoms with E-state index in [4.69, 9.17) is 11.6 Å². The normalized spacial score (nSPS) is 15.5. The van der Waals surface area contributed by atoms with Crippen molar-refractivity contribution in [3.8, 4) is 11.3 Å². The monoisotopic (exact) mass is 446 g/mol. The van der Waals surface area contributed by atoms with Gasteiger partial charge in [0.1, 0.15) is 0 Å². The number of likely N-dealkylation sites (tertiary alicyclic amines) is 1. The molecular formula is C21H23ClN4O3S. The SMILES string of the molecule is CC(=O)N1CCC(n2cc(-c3cc(Cl)cn3S(=O)(=O)c3ccc(C)cc3)cn2)CC1. The summed E-state index contributed by atoms with van der Waals surface area (Å²) >= 11 is 6.19. The number of aromatic nitrogens is 3. The van der Waals surface area contributed by atoms with E-state index in [9.17, 15) is 13.2 Å². The summed E-state index contributed by atoms with van der Waals surface area (Å²) in [6.07, 6.45) is 6.54. The maximum absolute atomic E-state index is 13.2. The number of hydrogen-bond acceptors (Lipinski definition) is 4. The molecule has 1 aliphatic rings. The second-order valence-electron chi connectivity index (χ2n) is 7.60. The van der Waals surface area contributed by atoms with Gasteiger partial charge >= 0.3 is 0 Å². The van der Waals surface area contributed by atoms with Crippen LogP contribution >= 0.6 is 11.6 Å². The lowest BCUT2D eigenvalue weighted by Gasteiger charge is -2.31. The average Bonchev–Trinajstić information content (AvgIpc) is 3.35. The van der Waals surface area contributed by atoms with Crippen molar-refractivity contribution in [1.82, 2.24) is 18.7 Å². The second kappa shape index (κ2) is 7.92. The van der Waals surface area contributed by atoms with E-state index in [1.807, 2.05) is 22.7 Å². The van der Waals surface area contributed by atoms with Crippen molar-refractivity contribution in [2.75, 3.05) is 13.1 Å². The van der Waals surface area contributed by atoms with E-state index in [1.165, 1.54) is 10.2 Å². The first-order valence-corrected chi connectivity index (χ1v) is 11.6. The molecule has 2 aromatic heterocycles. The first-order valence-electron chi connectivity index (χ1n) is 9.76. The van der Waals surface area contributed by atoms with Gasteiger partial charge in [-0.2, -0.15) is 5.10 Å². The molecule has 0 unspecified atom stereocenters. The third-order valence-corrected chi connectivity index (χ3v) is 7.41. The van der Waals surface area contributed by atoms with Gasteiger partial charge in [-0.1, -0.05) is 29.3 Å². The van der Waals surface area contributed by atoms with Gasteiger partial charge in [0.25, 0.3) is 10.0 Å². The summed E-state index contributed by atoms with van der Waals surface area (Å²) in [6.45, 7) is 4.88. The zero-order valence-corrected chi connectivity index (χ0v) is 18.4. The Morgan fingerprint density at radius 1 is 1.13 bits per heavy atom. The molecule has 30 heavy (non-hydrogen) atoms. The Bertz CT molecular complexity index is 1170. The molecule has 9 heteroatoms. The predicted octanol–water partition coefficient (Wildman–Crippen LogP) is 3.73. The molecule has 1 amide bonds. The van der Waals surface area contributed by atoms with E-state index < -0.39 is 10.0 Å². The first-order chi connectivity index (χ1) is 14.3. The standard InChI is InChI=1S/C21H23ClN4O3S/c1-15-3-5-20(6-4-15)30(28,29)26-14-18(22)11-21(26)17-12-23-25(13-17)19-7-9-24(10-8-19)16(2)27/h3-6,11-14,19H,7-10H2,1-2H3. The molecule has 3 heterocycles. The van der Waals surface area contributed by atoms with Crippen LogP contribution in [0.1, 0.15) is 31.4 Å². The van der Waals surface area contributed by atoms with Crippen molar-refractivity contribution in [2.45, 2.75) is 37.6 Å². The Morgan fingerprint density at radius 2 is 1.80 bits per heavy atom. The Morgan fingerprint density at radius 3 is 2.43 bits per heavy atom. The van der Waals surface area contributed by atoms with Crippen molar-refractivity contribution in [3.63, 3.8) is 0 Å². The van der Waals surface area contributed by atoms with Gasteiger partial charge in [-0.25, -0.2) is 12.4 Å². The van der Waals surface area contributed by atoms with Crippen LogP contribution in [-0.2, 0) is 14.8 Å². The molecule has 1 aromatic carbocycles. The zero-order chi connectivity index (χ0) is 21.5. The molecule has 4 rings (SSSR count). The Labute approximate surface area is 180 Å². The molecule has 0 bridgehead atoms. The summed E-state index contributed by atoms with van der Waals surface area (Å²) in [6, 6.07) is 8.52. The number of aryl methyl sites for hydroxylation is 1. The van der Waals surface area contributed by atoms with Gasteiger partial charge in [0.05, 0.1) is 27.9 Å². The van der Waals surface area contributed by atoms with Crippen molar-refractivity contribution in [1.29, 1.82) is 0 Å². The Kier molecular flexibility index (Phi) is 5.46. The lowest BCUT2D eigenvalue weighted by molar-refractivity contribution is -0.130. The van der Waals surface area contributed by atoms with Gasteiger partial charge in [0.2, 0.25) is 5.91 Å². The summed E-state index contributed by atoms with van der Waals surface area (Å²) in [4.78, 5) is 13.6. The van der Waals surface area contributed by atoms with E-state index in [0.29, 0.717) is 29.4 Å². The minimum Gasteiger partial charge on any atom is -0.343 e. The van der Waals surface area contributed by atoms with Crippen LogP contribution in [0.2, 0.25) is 5.02 Å². The number of nitrogens with zero attached hydrogens (tertiary/aromatic N) is 4. The highest BCUT2D eigenvalue weighted by atomic mass is 35.5. The number of rotatable bonds is 4. The van der Waals surface area contributed by atoms with Crippen LogP contribution in [0.4, 0.5) is 0 Å². The van der Waals surface area contributed by atoms with E-state index in [0.717, 1.165) is 18.4 Å². The maximum Gasteiger partial charge on any atom is 0.268 e. The second-order valence-corrected chi connectivity index (χ2v) is 9.86. The quantitative estimate of drug-likeness (QED) is 0.611. The molecule has 3 aromatic rings. The minimum absolute atomic E-state index is 0.0865. The summed E-state index contributed by atoms with van der Waals surface area (Å²) < 4.78 is 29.5. The van der Waals surface area contributed by atoms with Crippen LogP contribution in [0.25, 0.3) is 11.3 Å². The fourth-order valence-electron chi connectivity index (χ4n) is 3.76. The van der Waals surface area contributed by atoms with Crippen molar-refractivity contribution in [3.05, 3.63) is 59.5 Å². The number of carbonyl (C=O) groups is 1. The van der Waals surface area contributed by atoms with Gasteiger partial charge in [0, 0.05) is 38.0 Å². The molecule has 0 atom stereocenters. The van der Waals surface area contributed by atoms with Gasteiger partial charge in [-0.3, -0.25) is 9.48 Å². The van der Waals surface area contributed by atoms with Crippen LogP contribution in [0.5, 0.6) is 0 Å². The van der Waals surface area contributed by atoms with Crippen LogP contribution in [0, 0.1) is 6.92 Å². The molecule has 158 valence electrons. The zero-order valence-electron chi connectivity index (χ0n) is 16.8. The Hall–Kier alpha value is -2.58. The molecular weight excluding hydrogens is 424 g/mol. The fourth-order valence-corrected chi connectivity index (χ4v) is 5.40. The van der Waals surface area contributed by atoms with Crippen LogP contribution in [0.15, 0.2) is 53.8 Å². The lowest BCUT2D eigenvalue weighted by atomic mass is 10.1. The minimum atomic E-state index is -3.80. The lowest BCUT2D eigenvalue weighted by Crippen LogP contribution is -2.37. The first kappa shape index (κ1) is 20.7. The summed E-state index contributed by atoms with van der Waals surface area (Å²) in [5, 5.41) is 4.80. The van der Waals surface area contributed by atoms with Gasteiger partial charge in [-0.05, 0) is 38.0 Å². The van der Waals surface area contributed by atoms with E-state index >= 15 is 0 Å². The highest BCUT2D eigenvalue weighted by Crippen LogP contribution is 2.31. The van der Waals surface area contributed by atoms with E-state index in [1.54, 1.807) is 43.5 Å². The molecule has 0 spiro atoms. The van der Waals surface area contributed by atoms with E-state index in [2.05, 4.69) is 5.10 Å². The van der Waals surface area contributed by atoms with Gasteiger partial charge < -0.3 is 4.90 Å². The summed E-state index contributed by atoms with van der Waals surface area (Å²) in [5.41, 5.74) is 2.12. The maximum atomic E-state index is 13.2. The van der Waals surface area contributed by atoms with Crippen molar-refractivity contribution < 1.29 is 13.2 Å². The Balaban J connectivity index is 1.64. The highest BCUT2D eigenvalue weighted by molar-refractivity contribution is 7.90. The average molecular weight is 447 g/mol. The third-order valence-electron chi connectivity index (χ3n) is 5.51. The number of halogens is 1. The number of benzene rings is 1. The smallest absolute Gasteiger partial charge is 0.268 e. The third kappa shape index (κ3) is 3.89. The number of hydrogen-bond donors (Lipinski definition) is 0. The number of carbonyl (C=O) groups excluding carboxylic acids is 1. The largest absolute Gasteiger partial charge is 0.343 e. The molecule has 1 fully saturated rings. The van der Waals surface area contributed by atoms with Gasteiger partial charge in [0.15, 0.2) is 0 Å². The molecule has 1 saturated heterocycles. The topological polar surface area (TPSA) is 77.2 Å². The van der Waals surface area contributed by atoms with E-state index in [-0.39, 0.29) is 16.8 Å². The summed E-state index contributed by atoms with van der Waals surface area (Å²) in [7, 11) is -3.80. The van der Waals surface area contributed by atoms with Crippen LogP contribution in [0.3, 0.4) is 0 Å². The number of amides is 1. The predicted molar refractivity (Wildman–Crippen MR) is 115 cm³/mol. The molecule has 0 saturated carbocycles. The number of piperidine rings is 1. The summed E-state index contributed by atoms with van der Waals surface area (Å²) in [5.74, 6) is 0.0865. The molecule has 0 aliphatic carbocycles. The van der Waals surface area contributed by atoms with Crippen molar-refractivity contribution >= 4 is 27.5 Å². The van der Waals surface area contributed by atoms with Crippen LogP contribution < -0.4 is 0 Å². The molecule has 0 radical (unpaired) electrons. The van der Waals surface area contributed by atoms with Gasteiger partial charge in [-0.15, -0.1) is 0 Å². The van der Waals surface area contributed by atoms with Crippen LogP contribution in [-0.4, -0.2) is 46.1 Å². The molecule has 1 aliphatic heterocycles. The molecule has 0 N–H and O–H groups in total. The van der Waals surface area contributed by atoms with Crippen molar-refractivity contribution in [2.24, 2.45) is 0 Å².